The highest BCUT2D eigenvalue weighted by molar-refractivity contribution is 6.09. The summed E-state index contributed by atoms with van der Waals surface area (Å²) in [5.74, 6) is -0.117. The second-order valence-corrected chi connectivity index (χ2v) is 4.79. The summed E-state index contributed by atoms with van der Waals surface area (Å²) in [5.41, 5.74) is 1.18. The van der Waals surface area contributed by atoms with Crippen molar-refractivity contribution in [3.63, 3.8) is 0 Å². The minimum atomic E-state index is -1.06. The number of ketones is 1. The third-order valence-electron chi connectivity index (χ3n) is 3.47. The van der Waals surface area contributed by atoms with Crippen LogP contribution in [0.25, 0.3) is 0 Å². The molecule has 0 saturated carbocycles. The summed E-state index contributed by atoms with van der Waals surface area (Å²) in [6.45, 7) is 0. The number of Topliss-reactive ketones (excluding diaryl/α,β-unsaturated/α-hetero) is 1. The van der Waals surface area contributed by atoms with E-state index in [0.717, 1.165) is 5.56 Å². The number of carbonyl (C=O) groups excluding carboxylic acids is 2. The molecular weight excluding hydrogens is 276 g/mol. The topological polar surface area (TPSA) is 43.4 Å². The van der Waals surface area contributed by atoms with Crippen molar-refractivity contribution in [2.45, 2.75) is 5.92 Å². The molecule has 0 fully saturated rings. The average Bonchev–Trinajstić information content (AvgIpc) is 2.60. The van der Waals surface area contributed by atoms with E-state index in [1.54, 1.807) is 42.5 Å². The molecule has 110 valence electrons. The average molecular weight is 292 g/mol. The minimum Gasteiger partial charge on any atom is -0.468 e. The van der Waals surface area contributed by atoms with Crippen LogP contribution in [-0.2, 0) is 9.53 Å². The smallest absolute Gasteiger partial charge is 0.318 e. The van der Waals surface area contributed by atoms with Crippen molar-refractivity contribution in [3.05, 3.63) is 71.8 Å². The normalized spacial score (nSPS) is 12.7. The second-order valence-electron chi connectivity index (χ2n) is 4.79. The van der Waals surface area contributed by atoms with Crippen LogP contribution in [0.1, 0.15) is 21.8 Å². The van der Waals surface area contributed by atoms with Crippen molar-refractivity contribution >= 4 is 11.8 Å². The number of benzene rings is 2. The Kier molecular flexibility index (Phi) is 5.11. The molecular formula is C19H16O3. The summed E-state index contributed by atoms with van der Waals surface area (Å²) >= 11 is 0. The third kappa shape index (κ3) is 3.24. The zero-order valence-corrected chi connectivity index (χ0v) is 12.2. The van der Waals surface area contributed by atoms with Crippen LogP contribution in [0, 0.1) is 18.3 Å². The summed E-state index contributed by atoms with van der Waals surface area (Å²) in [6.07, 6.45) is 5.60. The van der Waals surface area contributed by atoms with Crippen molar-refractivity contribution < 1.29 is 14.3 Å². The van der Waals surface area contributed by atoms with Crippen LogP contribution in [0.4, 0.5) is 0 Å². The Morgan fingerprint density at radius 3 is 2.05 bits per heavy atom. The van der Waals surface area contributed by atoms with Gasteiger partial charge in [0.1, 0.15) is 5.92 Å². The van der Waals surface area contributed by atoms with Crippen LogP contribution < -0.4 is 0 Å². The van der Waals surface area contributed by atoms with E-state index >= 15 is 0 Å². The van der Waals surface area contributed by atoms with Crippen LogP contribution in [0.5, 0.6) is 0 Å². The molecule has 2 aromatic rings. The molecule has 0 bridgehead atoms. The van der Waals surface area contributed by atoms with E-state index in [2.05, 4.69) is 5.92 Å². The zero-order chi connectivity index (χ0) is 15.9. The molecule has 3 nitrogen and oxygen atoms in total. The monoisotopic (exact) mass is 292 g/mol. The standard InChI is InChI=1S/C19H16O3/c1-3-16(14-10-6-4-7-11-14)17(19(21)22-2)18(20)15-12-8-5-9-13-15/h1,4-13,16-17H,2H3/t16-,17?/m0/s1. The summed E-state index contributed by atoms with van der Waals surface area (Å²) in [4.78, 5) is 24.9. The van der Waals surface area contributed by atoms with Crippen molar-refractivity contribution in [3.8, 4) is 12.3 Å². The van der Waals surface area contributed by atoms with E-state index in [9.17, 15) is 9.59 Å². The third-order valence-corrected chi connectivity index (χ3v) is 3.47. The Hall–Kier alpha value is -2.86. The first-order chi connectivity index (χ1) is 10.7. The van der Waals surface area contributed by atoms with Crippen LogP contribution in [0.15, 0.2) is 60.7 Å². The van der Waals surface area contributed by atoms with Gasteiger partial charge in [0.25, 0.3) is 0 Å². The van der Waals surface area contributed by atoms with Crippen molar-refractivity contribution in [1.29, 1.82) is 0 Å². The van der Waals surface area contributed by atoms with E-state index < -0.39 is 17.8 Å². The largest absolute Gasteiger partial charge is 0.468 e. The lowest BCUT2D eigenvalue weighted by atomic mass is 9.81. The zero-order valence-electron chi connectivity index (χ0n) is 12.2. The Balaban J connectivity index is 2.44. The van der Waals surface area contributed by atoms with Gasteiger partial charge in [-0.05, 0) is 5.56 Å². The maximum absolute atomic E-state index is 12.7. The molecule has 0 N–H and O–H groups in total. The van der Waals surface area contributed by atoms with Gasteiger partial charge in [0, 0.05) is 5.56 Å². The molecule has 0 aliphatic rings. The second kappa shape index (κ2) is 7.24. The molecule has 0 aliphatic heterocycles. The van der Waals surface area contributed by atoms with Gasteiger partial charge in [-0.3, -0.25) is 9.59 Å². The maximum Gasteiger partial charge on any atom is 0.318 e. The summed E-state index contributed by atoms with van der Waals surface area (Å²) < 4.78 is 4.80. The van der Waals surface area contributed by atoms with Gasteiger partial charge < -0.3 is 4.74 Å². The highest BCUT2D eigenvalue weighted by Gasteiger charge is 2.36. The SMILES string of the molecule is C#C[C@@H](c1ccccc1)C(C(=O)OC)C(=O)c1ccccc1. The van der Waals surface area contributed by atoms with Gasteiger partial charge in [0.15, 0.2) is 5.78 Å². The van der Waals surface area contributed by atoms with E-state index in [-0.39, 0.29) is 5.78 Å². The number of carbonyl (C=O) groups is 2. The number of terminal acetylenes is 1. The molecule has 2 atom stereocenters. The summed E-state index contributed by atoms with van der Waals surface area (Å²) in [6, 6.07) is 17.7. The van der Waals surface area contributed by atoms with E-state index in [1.807, 2.05) is 18.2 Å². The van der Waals surface area contributed by atoms with Gasteiger partial charge in [-0.25, -0.2) is 0 Å². The predicted octanol–water partition coefficient (Wildman–Crippen LogP) is 3.08. The van der Waals surface area contributed by atoms with Gasteiger partial charge in [0.05, 0.1) is 13.0 Å². The highest BCUT2D eigenvalue weighted by Crippen LogP contribution is 2.28. The molecule has 0 aromatic heterocycles. The van der Waals surface area contributed by atoms with Gasteiger partial charge in [0.2, 0.25) is 0 Å². The molecule has 0 aliphatic carbocycles. The summed E-state index contributed by atoms with van der Waals surface area (Å²) in [5, 5.41) is 0. The molecule has 0 amide bonds. The fourth-order valence-electron chi connectivity index (χ4n) is 2.35. The lowest BCUT2D eigenvalue weighted by molar-refractivity contribution is -0.143. The molecule has 0 radical (unpaired) electrons. The van der Waals surface area contributed by atoms with Gasteiger partial charge in [-0.15, -0.1) is 6.42 Å². The Labute approximate surface area is 129 Å². The van der Waals surface area contributed by atoms with Gasteiger partial charge in [-0.2, -0.15) is 0 Å². The first kappa shape index (κ1) is 15.5. The first-order valence-corrected chi connectivity index (χ1v) is 6.87. The van der Waals surface area contributed by atoms with Crippen LogP contribution in [-0.4, -0.2) is 18.9 Å². The van der Waals surface area contributed by atoms with Crippen LogP contribution in [0.3, 0.4) is 0 Å². The molecule has 3 heteroatoms. The molecule has 0 saturated heterocycles. The van der Waals surface area contributed by atoms with Crippen molar-refractivity contribution in [2.24, 2.45) is 5.92 Å². The number of methoxy groups -OCH3 is 1. The Morgan fingerprint density at radius 1 is 1.00 bits per heavy atom. The molecule has 1 unspecified atom stereocenters. The molecule has 2 rings (SSSR count). The number of hydrogen-bond donors (Lipinski definition) is 0. The van der Waals surface area contributed by atoms with Crippen LogP contribution in [0.2, 0.25) is 0 Å². The van der Waals surface area contributed by atoms with E-state index in [0.29, 0.717) is 5.56 Å². The van der Waals surface area contributed by atoms with E-state index in [4.69, 9.17) is 11.2 Å². The van der Waals surface area contributed by atoms with Gasteiger partial charge >= 0.3 is 5.97 Å². The fraction of sp³-hybridized carbons (Fsp3) is 0.158. The minimum absolute atomic E-state index is 0.334. The van der Waals surface area contributed by atoms with Crippen LogP contribution >= 0.6 is 0 Å². The Morgan fingerprint density at radius 2 is 1.55 bits per heavy atom. The lowest BCUT2D eigenvalue weighted by Gasteiger charge is -2.20. The predicted molar refractivity (Wildman–Crippen MR) is 84.3 cm³/mol. The first-order valence-electron chi connectivity index (χ1n) is 6.87. The number of rotatable bonds is 5. The van der Waals surface area contributed by atoms with Crippen molar-refractivity contribution in [2.75, 3.05) is 7.11 Å². The maximum atomic E-state index is 12.7. The molecule has 22 heavy (non-hydrogen) atoms. The molecule has 0 spiro atoms. The van der Waals surface area contributed by atoms with Gasteiger partial charge in [-0.1, -0.05) is 66.6 Å². The summed E-state index contributed by atoms with van der Waals surface area (Å²) in [7, 11) is 1.26. The lowest BCUT2D eigenvalue weighted by Crippen LogP contribution is -2.31. The fourth-order valence-corrected chi connectivity index (χ4v) is 2.35. The number of esters is 1. The molecule has 2 aromatic carbocycles. The van der Waals surface area contributed by atoms with E-state index in [1.165, 1.54) is 7.11 Å². The number of ether oxygens (including phenoxy) is 1. The molecule has 0 heterocycles. The highest BCUT2D eigenvalue weighted by atomic mass is 16.5. The van der Waals surface area contributed by atoms with Crippen molar-refractivity contribution in [1.82, 2.24) is 0 Å². The quantitative estimate of drug-likeness (QED) is 0.368. The Bertz CT molecular complexity index is 684. The number of hydrogen-bond acceptors (Lipinski definition) is 3.